The number of benzene rings is 1. The number of nitrogens with one attached hydrogen (secondary N) is 2. The normalized spacial score (nSPS) is 20.8. The molecule has 1 unspecified atom stereocenters. The molecule has 9 nitrogen and oxygen atoms in total. The highest BCUT2D eigenvalue weighted by Crippen LogP contribution is 2.29. The molecule has 152 valence electrons. The van der Waals surface area contributed by atoms with Crippen molar-refractivity contribution in [2.45, 2.75) is 44.7 Å². The molecule has 1 atom stereocenters. The number of imide groups is 1. The first-order valence-corrected chi connectivity index (χ1v) is 9.80. The van der Waals surface area contributed by atoms with Crippen molar-refractivity contribution >= 4 is 29.4 Å². The Labute approximate surface area is 171 Å². The minimum absolute atomic E-state index is 0.0334. The minimum Gasteiger partial charge on any atom is -0.425 e. The SMILES string of the molecule is CCCc1nnc(CCC2(CN3Cc4ccc(Cl)cc4C3=O)NC(=O)NC2=O)o1. The van der Waals surface area contributed by atoms with E-state index in [0.717, 1.165) is 12.0 Å². The van der Waals surface area contributed by atoms with Gasteiger partial charge in [-0.3, -0.25) is 14.9 Å². The maximum Gasteiger partial charge on any atom is 0.322 e. The van der Waals surface area contributed by atoms with Crippen molar-refractivity contribution in [1.82, 2.24) is 25.7 Å². The Morgan fingerprint density at radius 2 is 1.97 bits per heavy atom. The van der Waals surface area contributed by atoms with Crippen LogP contribution in [0.5, 0.6) is 0 Å². The highest BCUT2D eigenvalue weighted by Gasteiger charge is 2.49. The summed E-state index contributed by atoms with van der Waals surface area (Å²) in [4.78, 5) is 38.9. The van der Waals surface area contributed by atoms with Gasteiger partial charge in [0.25, 0.3) is 11.8 Å². The summed E-state index contributed by atoms with van der Waals surface area (Å²) >= 11 is 6.00. The van der Waals surface area contributed by atoms with E-state index in [9.17, 15) is 14.4 Å². The highest BCUT2D eigenvalue weighted by molar-refractivity contribution is 6.31. The molecule has 4 amide bonds. The molecule has 2 N–H and O–H groups in total. The number of halogens is 1. The first-order chi connectivity index (χ1) is 13.9. The molecule has 2 aliphatic heterocycles. The van der Waals surface area contributed by atoms with Crippen molar-refractivity contribution in [3.63, 3.8) is 0 Å². The molecule has 0 spiro atoms. The van der Waals surface area contributed by atoms with Gasteiger partial charge in [0.05, 0.1) is 6.54 Å². The van der Waals surface area contributed by atoms with Gasteiger partial charge >= 0.3 is 6.03 Å². The topological polar surface area (TPSA) is 117 Å². The van der Waals surface area contributed by atoms with Crippen LogP contribution in [0, 0.1) is 0 Å². The van der Waals surface area contributed by atoms with Crippen LogP contribution in [0.4, 0.5) is 4.79 Å². The molecule has 1 fully saturated rings. The number of amides is 4. The molecule has 10 heteroatoms. The maximum atomic E-state index is 12.8. The molecule has 29 heavy (non-hydrogen) atoms. The lowest BCUT2D eigenvalue weighted by molar-refractivity contribution is -0.124. The third-order valence-electron chi connectivity index (χ3n) is 5.16. The summed E-state index contributed by atoms with van der Waals surface area (Å²) in [7, 11) is 0. The fraction of sp³-hybridized carbons (Fsp3) is 0.421. The Bertz CT molecular complexity index is 991. The number of aromatic nitrogens is 2. The van der Waals surface area contributed by atoms with Crippen molar-refractivity contribution in [3.05, 3.63) is 46.1 Å². The van der Waals surface area contributed by atoms with Crippen LogP contribution in [0.1, 0.15) is 47.5 Å². The molecular weight excluding hydrogens is 398 g/mol. The number of urea groups is 1. The summed E-state index contributed by atoms with van der Waals surface area (Å²) in [5.41, 5.74) is 0.0803. The van der Waals surface area contributed by atoms with E-state index in [-0.39, 0.29) is 18.9 Å². The highest BCUT2D eigenvalue weighted by atomic mass is 35.5. The quantitative estimate of drug-likeness (QED) is 0.664. The van der Waals surface area contributed by atoms with Gasteiger partial charge in [-0.2, -0.15) is 0 Å². The zero-order valence-electron chi connectivity index (χ0n) is 15.8. The molecular formula is C19H20ClN5O4. The lowest BCUT2D eigenvalue weighted by Gasteiger charge is -2.30. The van der Waals surface area contributed by atoms with Gasteiger partial charge in [0.2, 0.25) is 11.8 Å². The summed E-state index contributed by atoms with van der Waals surface area (Å²) in [5.74, 6) is 0.236. The number of carbonyl (C=O) groups is 3. The van der Waals surface area contributed by atoms with E-state index in [4.69, 9.17) is 16.0 Å². The number of hydrogen-bond donors (Lipinski definition) is 2. The zero-order valence-corrected chi connectivity index (χ0v) is 16.6. The van der Waals surface area contributed by atoms with Crippen LogP contribution in [0.2, 0.25) is 5.02 Å². The van der Waals surface area contributed by atoms with Crippen LogP contribution >= 0.6 is 11.6 Å². The van der Waals surface area contributed by atoms with E-state index in [1.807, 2.05) is 6.92 Å². The predicted molar refractivity (Wildman–Crippen MR) is 102 cm³/mol. The van der Waals surface area contributed by atoms with Gasteiger partial charge in [0, 0.05) is 30.0 Å². The summed E-state index contributed by atoms with van der Waals surface area (Å²) in [6, 6.07) is 4.55. The second-order valence-electron chi connectivity index (χ2n) is 7.29. The number of rotatable bonds is 7. The number of hydrogen-bond acceptors (Lipinski definition) is 6. The Kier molecular flexibility index (Phi) is 4.99. The van der Waals surface area contributed by atoms with Crippen LogP contribution in [-0.4, -0.2) is 45.0 Å². The Hall–Kier alpha value is -2.94. The zero-order chi connectivity index (χ0) is 20.6. The van der Waals surface area contributed by atoms with Gasteiger partial charge in [-0.25, -0.2) is 4.79 Å². The van der Waals surface area contributed by atoms with E-state index in [1.54, 1.807) is 23.1 Å². The number of fused-ring (bicyclic) bond motifs is 1. The van der Waals surface area contributed by atoms with Crippen LogP contribution in [0.15, 0.2) is 22.6 Å². The van der Waals surface area contributed by atoms with Crippen LogP contribution in [0.3, 0.4) is 0 Å². The van der Waals surface area contributed by atoms with Crippen LogP contribution < -0.4 is 10.6 Å². The standard InChI is InChI=1S/C19H20ClN5O4/c1-2-3-14-23-24-15(29-14)6-7-19(17(27)21-18(28)22-19)10-25-9-11-4-5-12(20)8-13(11)16(25)26/h4-5,8H,2-3,6-7,9-10H2,1H3,(H2,21,22,27,28). The van der Waals surface area contributed by atoms with Crippen LogP contribution in [-0.2, 0) is 24.2 Å². The summed E-state index contributed by atoms with van der Waals surface area (Å²) in [6.45, 7) is 2.39. The lowest BCUT2D eigenvalue weighted by atomic mass is 9.92. The monoisotopic (exact) mass is 417 g/mol. The lowest BCUT2D eigenvalue weighted by Crippen LogP contribution is -2.55. The molecule has 1 saturated heterocycles. The van der Waals surface area contributed by atoms with Gasteiger partial charge < -0.3 is 14.6 Å². The second-order valence-corrected chi connectivity index (χ2v) is 7.73. The smallest absolute Gasteiger partial charge is 0.322 e. The Morgan fingerprint density at radius 1 is 1.21 bits per heavy atom. The summed E-state index contributed by atoms with van der Waals surface area (Å²) in [6.07, 6.45) is 2.08. The summed E-state index contributed by atoms with van der Waals surface area (Å²) in [5, 5.41) is 13.4. The number of nitrogens with zero attached hydrogens (tertiary/aromatic N) is 3. The minimum atomic E-state index is -1.27. The van der Waals surface area contributed by atoms with E-state index in [1.165, 1.54) is 0 Å². The largest absolute Gasteiger partial charge is 0.425 e. The average molecular weight is 418 g/mol. The third kappa shape index (κ3) is 3.69. The molecule has 0 saturated carbocycles. The number of aryl methyl sites for hydroxylation is 2. The van der Waals surface area contributed by atoms with E-state index < -0.39 is 17.5 Å². The fourth-order valence-corrected chi connectivity index (χ4v) is 3.88. The summed E-state index contributed by atoms with van der Waals surface area (Å²) < 4.78 is 5.58. The van der Waals surface area contributed by atoms with Gasteiger partial charge in [0.15, 0.2) is 0 Å². The van der Waals surface area contributed by atoms with Crippen molar-refractivity contribution < 1.29 is 18.8 Å². The van der Waals surface area contributed by atoms with E-state index in [2.05, 4.69) is 20.8 Å². The van der Waals surface area contributed by atoms with Crippen LogP contribution in [0.25, 0.3) is 0 Å². The van der Waals surface area contributed by atoms with Gasteiger partial charge in [-0.05, 0) is 30.5 Å². The average Bonchev–Trinajstić information content (AvgIpc) is 3.32. The van der Waals surface area contributed by atoms with Crippen molar-refractivity contribution in [2.24, 2.45) is 0 Å². The Morgan fingerprint density at radius 3 is 2.66 bits per heavy atom. The Balaban J connectivity index is 1.52. The molecule has 2 aromatic rings. The first-order valence-electron chi connectivity index (χ1n) is 9.43. The molecule has 4 rings (SSSR count). The third-order valence-corrected chi connectivity index (χ3v) is 5.40. The predicted octanol–water partition coefficient (Wildman–Crippen LogP) is 1.84. The molecule has 1 aromatic heterocycles. The van der Waals surface area contributed by atoms with Gasteiger partial charge in [-0.15, -0.1) is 10.2 Å². The van der Waals surface area contributed by atoms with E-state index >= 15 is 0 Å². The molecule has 2 aliphatic rings. The first kappa shape index (κ1) is 19.4. The van der Waals surface area contributed by atoms with Gasteiger partial charge in [0.1, 0.15) is 5.54 Å². The molecule has 3 heterocycles. The maximum absolute atomic E-state index is 12.8. The van der Waals surface area contributed by atoms with Crippen molar-refractivity contribution in [1.29, 1.82) is 0 Å². The fourth-order valence-electron chi connectivity index (χ4n) is 3.71. The van der Waals surface area contributed by atoms with Gasteiger partial charge in [-0.1, -0.05) is 24.6 Å². The molecule has 0 aliphatic carbocycles. The molecule has 1 aromatic carbocycles. The molecule has 0 bridgehead atoms. The second kappa shape index (κ2) is 7.47. The molecule has 0 radical (unpaired) electrons. The van der Waals surface area contributed by atoms with Crippen molar-refractivity contribution in [2.75, 3.05) is 6.54 Å². The van der Waals surface area contributed by atoms with E-state index in [0.29, 0.717) is 41.8 Å². The van der Waals surface area contributed by atoms with Crippen molar-refractivity contribution in [3.8, 4) is 0 Å². The number of carbonyl (C=O) groups excluding carboxylic acids is 3.